The molecule has 7 heterocycles. The number of aromatic nitrogens is 2. The third-order valence-corrected chi connectivity index (χ3v) is 16.8. The minimum atomic E-state index is -2.57. The number of urea groups is 1. The summed E-state index contributed by atoms with van der Waals surface area (Å²) in [4.78, 5) is 84.8. The van der Waals surface area contributed by atoms with Gasteiger partial charge in [0.05, 0.1) is 40.9 Å². The number of hydrogen-bond acceptors (Lipinski definition) is 11. The van der Waals surface area contributed by atoms with Gasteiger partial charge in [-0.2, -0.15) is 0 Å². The number of piperazine rings is 1. The predicted octanol–water partition coefficient (Wildman–Crippen LogP) is 5.63. The van der Waals surface area contributed by atoms with E-state index in [-0.39, 0.29) is 57.9 Å². The van der Waals surface area contributed by atoms with Crippen LogP contribution in [0.4, 0.5) is 13.6 Å². The average molecular weight is 1070 g/mol. The van der Waals surface area contributed by atoms with Crippen molar-refractivity contribution in [2.24, 2.45) is 11.3 Å². The van der Waals surface area contributed by atoms with Crippen LogP contribution in [0.25, 0.3) is 27.7 Å². The summed E-state index contributed by atoms with van der Waals surface area (Å²) in [5.74, 6) is -2.23. The molecule has 1 unspecified atom stereocenters. The van der Waals surface area contributed by atoms with E-state index in [9.17, 15) is 28.0 Å². The maximum absolute atomic E-state index is 15.2. The Balaban J connectivity index is 1.10. The molecule has 6 bridgehead atoms. The molecule has 20 heteroatoms. The van der Waals surface area contributed by atoms with E-state index in [1.165, 1.54) is 16.0 Å². The Labute approximate surface area is 449 Å². The van der Waals surface area contributed by atoms with Crippen LogP contribution in [0.1, 0.15) is 96.6 Å². The number of nitrogens with zero attached hydrogens (tertiary/aromatic N) is 8. The van der Waals surface area contributed by atoms with Crippen LogP contribution >= 0.6 is 0 Å². The summed E-state index contributed by atoms with van der Waals surface area (Å²) >= 11 is 0. The number of esters is 1. The van der Waals surface area contributed by atoms with Crippen LogP contribution in [-0.2, 0) is 41.6 Å². The lowest BCUT2D eigenvalue weighted by molar-refractivity contribution is -0.156. The first kappa shape index (κ1) is 56.7. The molecule has 3 fully saturated rings. The van der Waals surface area contributed by atoms with Gasteiger partial charge in [0, 0.05) is 113 Å². The van der Waals surface area contributed by atoms with Gasteiger partial charge in [0.1, 0.15) is 17.2 Å². The van der Waals surface area contributed by atoms with Crippen molar-refractivity contribution >= 4 is 56.4 Å². The van der Waals surface area contributed by atoms with Crippen molar-refractivity contribution in [3.8, 4) is 11.3 Å². The van der Waals surface area contributed by atoms with Crippen molar-refractivity contribution in [2.45, 2.75) is 122 Å². The Bertz CT molecular complexity index is 2710. The Kier molecular flexibility index (Phi) is 17.3. The lowest BCUT2D eigenvalue weighted by Crippen LogP contribution is -2.71. The number of hydrazine groups is 1. The monoisotopic (exact) mass is 1070 g/mol. The van der Waals surface area contributed by atoms with Crippen LogP contribution in [0.15, 0.2) is 55.3 Å². The van der Waals surface area contributed by atoms with Crippen LogP contribution < -0.4 is 10.7 Å². The summed E-state index contributed by atoms with van der Waals surface area (Å²) in [5, 5.41) is 3.82. The average Bonchev–Trinajstić information content (AvgIpc) is 3.70. The molecule has 2 N–H and O–H groups in total. The van der Waals surface area contributed by atoms with Gasteiger partial charge in [-0.25, -0.2) is 19.0 Å². The second-order valence-electron chi connectivity index (χ2n) is 22.6. The summed E-state index contributed by atoms with van der Waals surface area (Å²) in [6, 6.07) is 8.32. The number of likely N-dealkylation sites (N-methyl/N-ethyl adjacent to an activating group) is 1. The summed E-state index contributed by atoms with van der Waals surface area (Å²) in [6.07, 6.45) is 5.29. The molecule has 5 aliphatic rings. The van der Waals surface area contributed by atoms with Gasteiger partial charge in [0.15, 0.2) is 0 Å². The number of carbonyl (C=O) groups excluding carboxylic acids is 5. The number of pyridine rings is 1. The molecule has 3 saturated heterocycles. The van der Waals surface area contributed by atoms with Gasteiger partial charge in [-0.1, -0.05) is 46.4 Å². The molecule has 0 saturated carbocycles. The Morgan fingerprint density at radius 1 is 1.05 bits per heavy atom. The number of ether oxygens (including phenoxy) is 2. The minimum Gasteiger partial charge on any atom is -0.464 e. The number of alkyl halides is 2. The highest BCUT2D eigenvalue weighted by molar-refractivity contribution is 6.30. The number of rotatable bonds is 11. The lowest BCUT2D eigenvalue weighted by atomic mass is 9.83. The van der Waals surface area contributed by atoms with Gasteiger partial charge in [-0.3, -0.25) is 39.0 Å². The molecule has 0 aliphatic carbocycles. The molecule has 1 aromatic carbocycles. The number of likely N-dealkylation sites (tertiary alicyclic amines) is 1. The van der Waals surface area contributed by atoms with Gasteiger partial charge < -0.3 is 34.1 Å². The second kappa shape index (κ2) is 23.2. The molecule has 1 spiro atoms. The van der Waals surface area contributed by atoms with E-state index in [1.807, 2.05) is 26.8 Å². The van der Waals surface area contributed by atoms with E-state index in [0.717, 1.165) is 44.6 Å². The molecule has 5 atom stereocenters. The Morgan fingerprint density at radius 2 is 1.80 bits per heavy atom. The number of amides is 5. The van der Waals surface area contributed by atoms with E-state index in [1.54, 1.807) is 35.1 Å². The van der Waals surface area contributed by atoms with Crippen molar-refractivity contribution in [1.82, 2.24) is 49.8 Å². The topological polar surface area (TPSA) is 165 Å². The van der Waals surface area contributed by atoms with E-state index >= 15 is 4.79 Å². The van der Waals surface area contributed by atoms with E-state index in [0.29, 0.717) is 64.7 Å². The fourth-order valence-electron chi connectivity index (χ4n) is 12.3. The summed E-state index contributed by atoms with van der Waals surface area (Å²) < 4.78 is 42.1. The number of halogens is 2. The first-order valence-corrected chi connectivity index (χ1v) is 27.5. The molecule has 8 rings (SSSR count). The zero-order chi connectivity index (χ0) is 54.9. The normalized spacial score (nSPS) is 24.2. The summed E-state index contributed by atoms with van der Waals surface area (Å²) in [5.41, 5.74) is 8.99. The van der Waals surface area contributed by atoms with Crippen LogP contribution in [0, 0.1) is 11.3 Å². The number of fused-ring (bicyclic) bond motifs is 6. The second-order valence-corrected chi connectivity index (χ2v) is 23.4. The van der Waals surface area contributed by atoms with E-state index in [4.69, 9.17) is 14.5 Å². The first-order chi connectivity index (χ1) is 36.1. The predicted molar refractivity (Wildman–Crippen MR) is 288 cm³/mol. The molecule has 2 aromatic heterocycles. The minimum absolute atomic E-state index is 0.0375. The molecule has 411 valence electrons. The van der Waals surface area contributed by atoms with Crippen molar-refractivity contribution in [1.29, 1.82) is 0 Å². The largest absolute Gasteiger partial charge is 0.464 e. The SMILES string of the molecule is C=CC(=O)N1CCN(CC(F)F)C2(CCN(C(=O)N(C)[C@H](C(=O)N[C@@]3([Si])CN4CCC=C(C4)c4ccc5c(c4)c(c(-c4cccnc4[C@H](C)OC)n5CC)CC(C)(C)COC(=O)[C@@H]4CCCN(N4)C3=O)C(C)C)CC2)C1. The number of methoxy groups -OCH3 is 1. The van der Waals surface area contributed by atoms with Crippen molar-refractivity contribution < 1.29 is 42.2 Å². The van der Waals surface area contributed by atoms with Crippen LogP contribution in [0.3, 0.4) is 0 Å². The number of benzene rings is 1. The molecule has 3 aromatic rings. The quantitative estimate of drug-likeness (QED) is 0.139. The van der Waals surface area contributed by atoms with Gasteiger partial charge in [-0.15, -0.1) is 0 Å². The number of nitrogens with one attached hydrogen (secondary N) is 2. The van der Waals surface area contributed by atoms with Crippen molar-refractivity contribution in [3.63, 3.8) is 0 Å². The molecule has 5 aliphatic heterocycles. The maximum atomic E-state index is 15.2. The van der Waals surface area contributed by atoms with Gasteiger partial charge >= 0.3 is 12.0 Å². The standard InChI is InChI=1S/C56H77F2N10O7Si/c1-10-46(69)65-27-28-66(32-45(57)58)55(33-65)20-25-64(26-21-55)53(73)62(8)48(36(3)4)50(70)60-56(76)34-63-23-13-15-39(31-63)38-18-19-44-41(29-38)42(49(67(44)11-2)40-16-12-22-59-47(40)37(5)74-9)30-54(6,7)35-75-51(71)43-17-14-24-68(61-43)52(56)72/h10,12,15-16,18-19,22,29,36-37,43,45,48,61H,1,11,13-14,17,20-21,23-28,30-35H2,2-9H3,(H,60,70)/t37-,43-,48-,56+/m0/s1. The number of cyclic esters (lactones) is 1. The van der Waals surface area contributed by atoms with Gasteiger partial charge in [-0.05, 0) is 105 Å². The fraction of sp³-hybridized carbons (Fsp3) is 0.607. The van der Waals surface area contributed by atoms with E-state index < -0.39 is 70.9 Å². The number of carbonyl (C=O) groups is 5. The summed E-state index contributed by atoms with van der Waals surface area (Å²) in [6.45, 7) is 18.6. The van der Waals surface area contributed by atoms with Gasteiger partial charge in [0.2, 0.25) is 11.8 Å². The molecule has 3 radical (unpaired) electrons. The smallest absolute Gasteiger partial charge is 0.324 e. The molecular weight excluding hydrogens is 991 g/mol. The third kappa shape index (κ3) is 11.7. The highest BCUT2D eigenvalue weighted by Gasteiger charge is 2.49. The number of piperidine rings is 1. The zero-order valence-corrected chi connectivity index (χ0v) is 46.6. The number of aryl methyl sites for hydroxylation is 1. The Hall–Kier alpha value is -5.54. The van der Waals surface area contributed by atoms with Crippen molar-refractivity contribution in [2.75, 3.05) is 86.2 Å². The Morgan fingerprint density at radius 3 is 2.49 bits per heavy atom. The highest BCUT2D eigenvalue weighted by atomic mass is 28.1. The van der Waals surface area contributed by atoms with Gasteiger partial charge in [0.25, 0.3) is 12.3 Å². The first-order valence-electron chi connectivity index (χ1n) is 27.0. The highest BCUT2D eigenvalue weighted by Crippen LogP contribution is 2.42. The molecule has 76 heavy (non-hydrogen) atoms. The third-order valence-electron chi connectivity index (χ3n) is 16.3. The fourth-order valence-corrected chi connectivity index (χ4v) is 12.8. The van der Waals surface area contributed by atoms with Crippen molar-refractivity contribution in [3.05, 3.63) is 72.1 Å². The molecular formula is C56H77F2N10O7Si. The lowest BCUT2D eigenvalue weighted by Gasteiger charge is -2.54. The zero-order valence-electron chi connectivity index (χ0n) is 45.6. The number of hydrogen-bond donors (Lipinski definition) is 2. The van der Waals surface area contributed by atoms with Crippen LogP contribution in [0.2, 0.25) is 0 Å². The van der Waals surface area contributed by atoms with E-state index in [2.05, 4.69) is 88.1 Å². The van der Waals surface area contributed by atoms with Crippen LogP contribution in [0.5, 0.6) is 0 Å². The summed E-state index contributed by atoms with van der Waals surface area (Å²) in [7, 11) is 7.14. The van der Waals surface area contributed by atoms with Crippen LogP contribution in [-0.4, -0.2) is 194 Å². The molecule has 17 nitrogen and oxygen atoms in total. The molecule has 5 amide bonds. The maximum Gasteiger partial charge on any atom is 0.324 e.